The first-order chi connectivity index (χ1) is 7.88. The Balaban J connectivity index is 2.45. The van der Waals surface area contributed by atoms with E-state index in [0.29, 0.717) is 26.1 Å². The first kappa shape index (κ1) is 14.0. The van der Waals surface area contributed by atoms with Crippen molar-refractivity contribution in [2.75, 3.05) is 13.2 Å². The summed E-state index contributed by atoms with van der Waals surface area (Å²) < 4.78 is 10.2. The highest BCUT2D eigenvalue weighted by Gasteiger charge is 2.59. The normalized spacial score (nSPS) is 17.1. The average Bonchev–Trinajstić information content (AvgIpc) is 3.03. The molecule has 4 nitrogen and oxygen atoms in total. The number of carbonyl (C=O) groups excluding carboxylic acids is 2. The summed E-state index contributed by atoms with van der Waals surface area (Å²) in [6.07, 6.45) is 1.11. The van der Waals surface area contributed by atoms with Gasteiger partial charge >= 0.3 is 11.9 Å². The average molecular weight is 242 g/mol. The molecular formula is C13H22O4. The lowest BCUT2D eigenvalue weighted by molar-refractivity contribution is -0.165. The fourth-order valence-electron chi connectivity index (χ4n) is 1.38. The third-order valence-electron chi connectivity index (χ3n) is 2.63. The van der Waals surface area contributed by atoms with Crippen LogP contribution in [0.25, 0.3) is 0 Å². The van der Waals surface area contributed by atoms with E-state index in [4.69, 9.17) is 9.47 Å². The molecule has 1 aliphatic rings. The number of ether oxygens (including phenoxy) is 2. The van der Waals surface area contributed by atoms with Crippen LogP contribution < -0.4 is 0 Å². The Morgan fingerprint density at radius 3 is 1.53 bits per heavy atom. The van der Waals surface area contributed by atoms with Crippen LogP contribution in [0.15, 0.2) is 0 Å². The Morgan fingerprint density at radius 1 is 0.941 bits per heavy atom. The van der Waals surface area contributed by atoms with E-state index in [2.05, 4.69) is 0 Å². The lowest BCUT2D eigenvalue weighted by atomic mass is 10.1. The molecule has 17 heavy (non-hydrogen) atoms. The molecular weight excluding hydrogens is 220 g/mol. The number of hydrogen-bond acceptors (Lipinski definition) is 4. The van der Waals surface area contributed by atoms with Gasteiger partial charge < -0.3 is 9.47 Å². The van der Waals surface area contributed by atoms with Crippen LogP contribution in [0.4, 0.5) is 0 Å². The summed E-state index contributed by atoms with van der Waals surface area (Å²) in [6, 6.07) is 0. The standard InChI is InChI=1S/C13H22O4/c1-9(2)7-16-11(14)13(5-6-13)12(15)17-8-10(3)4/h9-10H,5-8H2,1-4H3. The Labute approximate surface area is 103 Å². The maximum absolute atomic E-state index is 11.8. The first-order valence-corrected chi connectivity index (χ1v) is 6.23. The molecule has 0 aromatic heterocycles. The van der Waals surface area contributed by atoms with Crippen LogP contribution in [0.2, 0.25) is 0 Å². The summed E-state index contributed by atoms with van der Waals surface area (Å²) in [7, 11) is 0. The summed E-state index contributed by atoms with van der Waals surface area (Å²) in [6.45, 7) is 8.57. The highest BCUT2D eigenvalue weighted by Crippen LogP contribution is 2.48. The van der Waals surface area contributed by atoms with Crippen molar-refractivity contribution in [3.8, 4) is 0 Å². The molecule has 0 radical (unpaired) electrons. The minimum atomic E-state index is -0.982. The molecule has 4 heteroatoms. The molecule has 0 aliphatic heterocycles. The topological polar surface area (TPSA) is 52.6 Å². The van der Waals surface area contributed by atoms with Gasteiger partial charge in [0, 0.05) is 0 Å². The van der Waals surface area contributed by atoms with E-state index in [-0.39, 0.29) is 11.8 Å². The number of hydrogen-bond donors (Lipinski definition) is 0. The lowest BCUT2D eigenvalue weighted by Crippen LogP contribution is -2.31. The summed E-state index contributed by atoms with van der Waals surface area (Å²) >= 11 is 0. The van der Waals surface area contributed by atoms with Gasteiger partial charge in [0.2, 0.25) is 0 Å². The van der Waals surface area contributed by atoms with Crippen LogP contribution in [0, 0.1) is 17.3 Å². The van der Waals surface area contributed by atoms with Gasteiger partial charge in [-0.15, -0.1) is 0 Å². The van der Waals surface area contributed by atoms with Gasteiger partial charge in [0.1, 0.15) is 0 Å². The van der Waals surface area contributed by atoms with Gasteiger partial charge in [-0.2, -0.15) is 0 Å². The number of esters is 2. The molecule has 0 amide bonds. The zero-order chi connectivity index (χ0) is 13.1. The molecule has 98 valence electrons. The van der Waals surface area contributed by atoms with Crippen LogP contribution in [-0.4, -0.2) is 25.2 Å². The van der Waals surface area contributed by atoms with Crippen molar-refractivity contribution < 1.29 is 19.1 Å². The highest BCUT2D eigenvalue weighted by atomic mass is 16.6. The summed E-state index contributed by atoms with van der Waals surface area (Å²) in [4.78, 5) is 23.6. The molecule has 0 aromatic rings. The monoisotopic (exact) mass is 242 g/mol. The van der Waals surface area contributed by atoms with Gasteiger partial charge in [-0.05, 0) is 24.7 Å². The van der Waals surface area contributed by atoms with Crippen LogP contribution in [0.3, 0.4) is 0 Å². The smallest absolute Gasteiger partial charge is 0.323 e. The van der Waals surface area contributed by atoms with E-state index in [1.807, 2.05) is 27.7 Å². The van der Waals surface area contributed by atoms with Crippen LogP contribution in [-0.2, 0) is 19.1 Å². The molecule has 1 saturated carbocycles. The summed E-state index contributed by atoms with van der Waals surface area (Å²) in [5.74, 6) is -0.275. The molecule has 0 bridgehead atoms. The van der Waals surface area contributed by atoms with Crippen molar-refractivity contribution in [2.24, 2.45) is 17.3 Å². The van der Waals surface area contributed by atoms with Gasteiger partial charge in [0.05, 0.1) is 13.2 Å². The zero-order valence-corrected chi connectivity index (χ0v) is 11.1. The largest absolute Gasteiger partial charge is 0.465 e. The van der Waals surface area contributed by atoms with E-state index in [0.717, 1.165) is 0 Å². The third kappa shape index (κ3) is 3.72. The summed E-state index contributed by atoms with van der Waals surface area (Å²) in [5, 5.41) is 0. The van der Waals surface area contributed by atoms with Crippen LogP contribution >= 0.6 is 0 Å². The van der Waals surface area contributed by atoms with Crippen molar-refractivity contribution in [1.82, 2.24) is 0 Å². The minimum Gasteiger partial charge on any atom is -0.465 e. The number of rotatable bonds is 6. The molecule has 0 heterocycles. The second-order valence-electron chi connectivity index (χ2n) is 5.57. The molecule has 1 fully saturated rings. The van der Waals surface area contributed by atoms with Gasteiger partial charge in [0.25, 0.3) is 0 Å². The molecule has 1 aliphatic carbocycles. The highest BCUT2D eigenvalue weighted by molar-refractivity contribution is 6.03. The predicted octanol–water partition coefficient (Wildman–Crippen LogP) is 2.17. The van der Waals surface area contributed by atoms with E-state index in [1.54, 1.807) is 0 Å². The van der Waals surface area contributed by atoms with E-state index < -0.39 is 17.4 Å². The number of carbonyl (C=O) groups is 2. The van der Waals surface area contributed by atoms with Crippen molar-refractivity contribution in [3.63, 3.8) is 0 Å². The third-order valence-corrected chi connectivity index (χ3v) is 2.63. The lowest BCUT2D eigenvalue weighted by Gasteiger charge is -2.15. The fraction of sp³-hybridized carbons (Fsp3) is 0.846. The summed E-state index contributed by atoms with van der Waals surface area (Å²) in [5.41, 5.74) is -0.982. The maximum Gasteiger partial charge on any atom is 0.323 e. The Kier molecular flexibility index (Phi) is 4.54. The molecule has 0 N–H and O–H groups in total. The van der Waals surface area contributed by atoms with Gasteiger partial charge in [0.15, 0.2) is 5.41 Å². The first-order valence-electron chi connectivity index (χ1n) is 6.23. The van der Waals surface area contributed by atoms with Crippen LogP contribution in [0.1, 0.15) is 40.5 Å². The predicted molar refractivity (Wildman–Crippen MR) is 63.3 cm³/mol. The molecule has 0 atom stereocenters. The molecule has 0 saturated heterocycles. The Hall–Kier alpha value is -1.06. The van der Waals surface area contributed by atoms with Gasteiger partial charge in [-0.25, -0.2) is 0 Å². The zero-order valence-electron chi connectivity index (χ0n) is 11.1. The van der Waals surface area contributed by atoms with Gasteiger partial charge in [-0.1, -0.05) is 27.7 Å². The Morgan fingerprint density at radius 2 is 1.29 bits per heavy atom. The second kappa shape index (κ2) is 5.52. The van der Waals surface area contributed by atoms with Crippen molar-refractivity contribution in [2.45, 2.75) is 40.5 Å². The van der Waals surface area contributed by atoms with Crippen LogP contribution in [0.5, 0.6) is 0 Å². The second-order valence-corrected chi connectivity index (χ2v) is 5.57. The quantitative estimate of drug-likeness (QED) is 0.529. The maximum atomic E-state index is 11.8. The van der Waals surface area contributed by atoms with E-state index >= 15 is 0 Å². The SMILES string of the molecule is CC(C)COC(=O)C1(C(=O)OCC(C)C)CC1. The molecule has 1 rings (SSSR count). The fourth-order valence-corrected chi connectivity index (χ4v) is 1.38. The minimum absolute atomic E-state index is 0.279. The molecule has 0 spiro atoms. The Bertz CT molecular complexity index is 264. The molecule has 0 aromatic carbocycles. The molecule has 0 unspecified atom stereocenters. The van der Waals surface area contributed by atoms with Crippen molar-refractivity contribution in [3.05, 3.63) is 0 Å². The van der Waals surface area contributed by atoms with E-state index in [9.17, 15) is 9.59 Å². The van der Waals surface area contributed by atoms with Gasteiger partial charge in [-0.3, -0.25) is 9.59 Å². The van der Waals surface area contributed by atoms with Crippen molar-refractivity contribution in [1.29, 1.82) is 0 Å². The van der Waals surface area contributed by atoms with Crippen molar-refractivity contribution >= 4 is 11.9 Å². The van der Waals surface area contributed by atoms with E-state index in [1.165, 1.54) is 0 Å².